The van der Waals surface area contributed by atoms with Crippen molar-refractivity contribution in [3.63, 3.8) is 0 Å². The molecule has 4 aliphatic rings. The second-order valence-corrected chi connectivity index (χ2v) is 6.49. The van der Waals surface area contributed by atoms with E-state index in [1.807, 2.05) is 0 Å². The molecule has 4 saturated carbocycles. The lowest BCUT2D eigenvalue weighted by atomic mass is 9.48. The van der Waals surface area contributed by atoms with Crippen LogP contribution in [0.3, 0.4) is 0 Å². The summed E-state index contributed by atoms with van der Waals surface area (Å²) >= 11 is 0. The molecule has 1 atom stereocenters. The summed E-state index contributed by atoms with van der Waals surface area (Å²) in [5.41, 5.74) is 0.214. The van der Waals surface area contributed by atoms with Crippen LogP contribution in [0.25, 0.3) is 0 Å². The molecule has 4 rings (SSSR count). The third-order valence-electron chi connectivity index (χ3n) is 5.32. The Labute approximate surface area is 97.7 Å². The van der Waals surface area contributed by atoms with Gasteiger partial charge in [0.2, 0.25) is 0 Å². The molecule has 0 aromatic rings. The summed E-state index contributed by atoms with van der Waals surface area (Å²) < 4.78 is 0. The Bertz CT molecular complexity index is 282. The Morgan fingerprint density at radius 3 is 2.06 bits per heavy atom. The van der Waals surface area contributed by atoms with Gasteiger partial charge in [0.15, 0.2) is 0 Å². The van der Waals surface area contributed by atoms with Gasteiger partial charge in [-0.15, -0.1) is 0 Å². The molecule has 0 aromatic carbocycles. The van der Waals surface area contributed by atoms with Crippen LogP contribution in [-0.4, -0.2) is 11.2 Å². The van der Waals surface area contributed by atoms with Crippen molar-refractivity contribution in [2.75, 3.05) is 0 Å². The van der Waals surface area contributed by atoms with Gasteiger partial charge in [-0.1, -0.05) is 0 Å². The van der Waals surface area contributed by atoms with Crippen molar-refractivity contribution in [2.45, 2.75) is 57.5 Å². The minimum Gasteiger partial charge on any atom is -0.393 e. The first kappa shape index (κ1) is 10.6. The third kappa shape index (κ3) is 1.57. The molecular weight excluding hydrogens is 198 g/mol. The summed E-state index contributed by atoms with van der Waals surface area (Å²) in [6.07, 6.45) is 8.99. The number of nitrogens with zero attached hydrogens (tertiary/aromatic N) is 1. The van der Waals surface area contributed by atoms with Crippen LogP contribution in [0.15, 0.2) is 0 Å². The van der Waals surface area contributed by atoms with Crippen LogP contribution < -0.4 is 0 Å². The van der Waals surface area contributed by atoms with E-state index in [1.54, 1.807) is 0 Å². The van der Waals surface area contributed by atoms with Gasteiger partial charge in [0.05, 0.1) is 12.2 Å². The molecule has 0 saturated heterocycles. The van der Waals surface area contributed by atoms with E-state index >= 15 is 0 Å². The zero-order valence-corrected chi connectivity index (χ0v) is 9.86. The molecule has 0 heterocycles. The van der Waals surface area contributed by atoms with Crippen molar-refractivity contribution in [1.82, 2.24) is 0 Å². The zero-order valence-electron chi connectivity index (χ0n) is 9.86. The molecule has 2 nitrogen and oxygen atoms in total. The van der Waals surface area contributed by atoms with E-state index in [9.17, 15) is 5.11 Å². The molecule has 4 aliphatic carbocycles. The van der Waals surface area contributed by atoms with Crippen LogP contribution in [0.2, 0.25) is 0 Å². The standard InChI is InChI=1S/C14H21NO/c15-3-1-2-13(16)14-7-10-4-11(8-14)6-12(5-10)9-14/h10-13,16H,1-2,4-9H2. The third-order valence-corrected chi connectivity index (χ3v) is 5.32. The van der Waals surface area contributed by atoms with E-state index in [-0.39, 0.29) is 11.5 Å². The minimum absolute atomic E-state index is 0.208. The fraction of sp³-hybridized carbons (Fsp3) is 0.929. The van der Waals surface area contributed by atoms with E-state index in [4.69, 9.17) is 5.26 Å². The molecule has 1 N–H and O–H groups in total. The Balaban J connectivity index is 1.75. The fourth-order valence-electron chi connectivity index (χ4n) is 5.09. The summed E-state index contributed by atoms with van der Waals surface area (Å²) in [5.74, 6) is 2.67. The van der Waals surface area contributed by atoms with Crippen molar-refractivity contribution >= 4 is 0 Å². The molecule has 0 amide bonds. The Morgan fingerprint density at radius 2 is 1.62 bits per heavy atom. The second-order valence-electron chi connectivity index (χ2n) is 6.49. The van der Waals surface area contributed by atoms with E-state index in [2.05, 4.69) is 6.07 Å². The van der Waals surface area contributed by atoms with Gasteiger partial charge in [-0.3, -0.25) is 0 Å². The summed E-state index contributed by atoms with van der Waals surface area (Å²) in [7, 11) is 0. The lowest BCUT2D eigenvalue weighted by Crippen LogP contribution is -2.51. The SMILES string of the molecule is N#CCCC(O)C12CC3CC(CC(C3)C1)C2. The summed E-state index contributed by atoms with van der Waals surface area (Å²) in [6, 6.07) is 2.17. The normalized spacial score (nSPS) is 46.6. The van der Waals surface area contributed by atoms with Crippen LogP contribution >= 0.6 is 0 Å². The first-order valence-corrected chi connectivity index (χ1v) is 6.77. The van der Waals surface area contributed by atoms with Crippen LogP contribution in [-0.2, 0) is 0 Å². The number of hydrogen-bond acceptors (Lipinski definition) is 2. The highest BCUT2D eigenvalue weighted by Gasteiger charge is 2.53. The zero-order chi connectivity index (χ0) is 11.2. The average molecular weight is 219 g/mol. The summed E-state index contributed by atoms with van der Waals surface area (Å²) in [4.78, 5) is 0. The molecule has 4 fully saturated rings. The molecule has 0 spiro atoms. The first-order valence-electron chi connectivity index (χ1n) is 6.77. The van der Waals surface area contributed by atoms with Crippen molar-refractivity contribution in [3.8, 4) is 6.07 Å². The van der Waals surface area contributed by atoms with Gasteiger partial charge >= 0.3 is 0 Å². The van der Waals surface area contributed by atoms with Gasteiger partial charge in [-0.2, -0.15) is 5.26 Å². The van der Waals surface area contributed by atoms with Crippen LogP contribution in [0.4, 0.5) is 0 Å². The van der Waals surface area contributed by atoms with Gasteiger partial charge in [-0.25, -0.2) is 0 Å². The molecule has 16 heavy (non-hydrogen) atoms. The maximum absolute atomic E-state index is 10.4. The lowest BCUT2D eigenvalue weighted by Gasteiger charge is -2.58. The molecule has 0 radical (unpaired) electrons. The predicted octanol–water partition coefficient (Wildman–Crippen LogP) is 2.87. The summed E-state index contributed by atoms with van der Waals surface area (Å²) in [6.45, 7) is 0. The van der Waals surface area contributed by atoms with Gasteiger partial charge in [0, 0.05) is 6.42 Å². The highest BCUT2D eigenvalue weighted by molar-refractivity contribution is 5.04. The van der Waals surface area contributed by atoms with E-state index in [0.717, 1.165) is 17.8 Å². The average Bonchev–Trinajstić information content (AvgIpc) is 2.24. The van der Waals surface area contributed by atoms with Gasteiger partial charge in [0.1, 0.15) is 0 Å². The second kappa shape index (κ2) is 3.74. The molecule has 2 heteroatoms. The molecular formula is C14H21NO. The Hall–Kier alpha value is -0.550. The largest absolute Gasteiger partial charge is 0.393 e. The first-order chi connectivity index (χ1) is 7.72. The number of nitriles is 1. The lowest BCUT2D eigenvalue weighted by molar-refractivity contribution is -0.121. The fourth-order valence-corrected chi connectivity index (χ4v) is 5.09. The van der Waals surface area contributed by atoms with Crippen LogP contribution in [0, 0.1) is 34.5 Å². The predicted molar refractivity (Wildman–Crippen MR) is 61.5 cm³/mol. The monoisotopic (exact) mass is 219 g/mol. The van der Waals surface area contributed by atoms with Crippen molar-refractivity contribution in [1.29, 1.82) is 5.26 Å². The maximum atomic E-state index is 10.4. The van der Waals surface area contributed by atoms with Crippen molar-refractivity contribution in [2.24, 2.45) is 23.2 Å². The quantitative estimate of drug-likeness (QED) is 0.793. The molecule has 1 unspecified atom stereocenters. The Kier molecular flexibility index (Phi) is 2.47. The Morgan fingerprint density at radius 1 is 1.12 bits per heavy atom. The van der Waals surface area contributed by atoms with Crippen LogP contribution in [0.1, 0.15) is 51.4 Å². The van der Waals surface area contributed by atoms with Crippen LogP contribution in [0.5, 0.6) is 0 Å². The van der Waals surface area contributed by atoms with E-state index in [0.29, 0.717) is 12.8 Å². The van der Waals surface area contributed by atoms with Crippen molar-refractivity contribution in [3.05, 3.63) is 0 Å². The topological polar surface area (TPSA) is 44.0 Å². The molecule has 0 aliphatic heterocycles. The summed E-state index contributed by atoms with van der Waals surface area (Å²) in [5, 5.41) is 19.0. The number of hydrogen-bond donors (Lipinski definition) is 1. The minimum atomic E-state index is -0.208. The highest BCUT2D eigenvalue weighted by atomic mass is 16.3. The van der Waals surface area contributed by atoms with E-state index < -0.39 is 0 Å². The van der Waals surface area contributed by atoms with Gasteiger partial charge in [-0.05, 0) is 68.1 Å². The van der Waals surface area contributed by atoms with Gasteiger partial charge in [0.25, 0.3) is 0 Å². The molecule has 0 aromatic heterocycles. The smallest absolute Gasteiger partial charge is 0.0622 e. The molecule has 4 bridgehead atoms. The van der Waals surface area contributed by atoms with E-state index in [1.165, 1.54) is 38.5 Å². The maximum Gasteiger partial charge on any atom is 0.0622 e. The highest BCUT2D eigenvalue weighted by Crippen LogP contribution is 2.61. The number of aliphatic hydroxyl groups excluding tert-OH is 1. The van der Waals surface area contributed by atoms with Gasteiger partial charge < -0.3 is 5.11 Å². The number of rotatable bonds is 3. The molecule has 88 valence electrons. The number of aliphatic hydroxyl groups is 1. The van der Waals surface area contributed by atoms with Crippen molar-refractivity contribution < 1.29 is 5.11 Å².